The molecule has 0 atom stereocenters. The molecule has 1 aliphatic heterocycles. The first kappa shape index (κ1) is 20.4. The molecule has 1 saturated heterocycles. The zero-order valence-electron chi connectivity index (χ0n) is 16.7. The van der Waals surface area contributed by atoms with Gasteiger partial charge in [0.15, 0.2) is 0 Å². The Hall–Kier alpha value is -1.90. The van der Waals surface area contributed by atoms with Crippen molar-refractivity contribution in [1.82, 2.24) is 10.2 Å². The molecule has 1 aromatic heterocycles. The number of anilines is 1. The number of nitrogens with zero attached hydrogens (tertiary/aromatic N) is 2. The van der Waals surface area contributed by atoms with E-state index >= 15 is 0 Å². The third kappa shape index (κ3) is 6.04. The van der Waals surface area contributed by atoms with Gasteiger partial charge in [0, 0.05) is 17.2 Å². The Balaban J connectivity index is 1.21. The fraction of sp³-hybridized carbons (Fsp3) is 0.571. The molecule has 29 heavy (non-hydrogen) atoms. The van der Waals surface area contributed by atoms with Gasteiger partial charge in [0.2, 0.25) is 11.8 Å². The van der Waals surface area contributed by atoms with Gasteiger partial charge in [-0.05, 0) is 25.0 Å². The van der Waals surface area contributed by atoms with E-state index in [0.29, 0.717) is 11.1 Å². The molecule has 2 fully saturated rings. The number of nitrogens with one attached hydrogen (secondary N) is 2. The van der Waals surface area contributed by atoms with Crippen molar-refractivity contribution < 1.29 is 18.8 Å². The monoisotopic (exact) mass is 417 g/mol. The van der Waals surface area contributed by atoms with Crippen LogP contribution in [0.2, 0.25) is 0 Å². The molecule has 1 aromatic carbocycles. The Labute approximate surface area is 175 Å². The van der Waals surface area contributed by atoms with Crippen molar-refractivity contribution in [3.8, 4) is 0 Å². The second-order valence-electron chi connectivity index (χ2n) is 7.81. The van der Waals surface area contributed by atoms with Crippen LogP contribution < -0.4 is 10.2 Å². The summed E-state index contributed by atoms with van der Waals surface area (Å²) in [7, 11) is 0. The minimum atomic E-state index is -0.0704. The van der Waals surface area contributed by atoms with Gasteiger partial charge in [-0.3, -0.25) is 4.79 Å². The summed E-state index contributed by atoms with van der Waals surface area (Å²) in [5.41, 5.74) is 2.08. The number of carbonyl (C=O) groups is 1. The van der Waals surface area contributed by atoms with Crippen molar-refractivity contribution in [2.75, 3.05) is 37.4 Å². The van der Waals surface area contributed by atoms with E-state index in [9.17, 15) is 4.79 Å². The molecule has 8 heteroatoms. The number of morpholine rings is 1. The summed E-state index contributed by atoms with van der Waals surface area (Å²) in [6.45, 7) is 4.77. The molecule has 0 spiro atoms. The van der Waals surface area contributed by atoms with E-state index in [1.54, 1.807) is 0 Å². The van der Waals surface area contributed by atoms with Crippen LogP contribution in [0.25, 0.3) is 0 Å². The second-order valence-corrected chi connectivity index (χ2v) is 8.74. The van der Waals surface area contributed by atoms with Gasteiger partial charge >= 0.3 is 0 Å². The molecule has 2 N–H and O–H groups in total. The maximum atomic E-state index is 12.3. The standard InChI is InChI=1S/C21H28N4O3S/c26-19(15-29-21-24-23-20(28-21)17-4-2-1-3-5-17)22-18-8-6-16(7-9-18)14-25-10-12-27-13-11-25/h6-9,17H,1-5,10-15H2,(H,22,26)/p+1. The maximum absolute atomic E-state index is 12.3. The van der Waals surface area contributed by atoms with Crippen LogP contribution in [-0.2, 0) is 16.1 Å². The Morgan fingerprint density at radius 2 is 1.86 bits per heavy atom. The van der Waals surface area contributed by atoms with Gasteiger partial charge in [-0.15, -0.1) is 10.2 Å². The van der Waals surface area contributed by atoms with Crippen molar-refractivity contribution in [2.45, 2.75) is 49.8 Å². The first-order valence-corrected chi connectivity index (χ1v) is 11.5. The molecule has 1 amide bonds. The molecular weight excluding hydrogens is 388 g/mol. The van der Waals surface area contributed by atoms with Crippen molar-refractivity contribution >= 4 is 23.4 Å². The average molecular weight is 418 g/mol. The van der Waals surface area contributed by atoms with Crippen LogP contribution in [0.15, 0.2) is 33.9 Å². The first-order valence-electron chi connectivity index (χ1n) is 10.5. The van der Waals surface area contributed by atoms with E-state index in [-0.39, 0.29) is 11.7 Å². The summed E-state index contributed by atoms with van der Waals surface area (Å²) < 4.78 is 11.2. The number of hydrogen-bond donors (Lipinski definition) is 2. The molecule has 7 nitrogen and oxygen atoms in total. The number of quaternary nitrogens is 1. The highest BCUT2D eigenvalue weighted by atomic mass is 32.2. The molecule has 2 aliphatic rings. The highest BCUT2D eigenvalue weighted by Crippen LogP contribution is 2.32. The Bertz CT molecular complexity index is 783. The summed E-state index contributed by atoms with van der Waals surface area (Å²) in [6.07, 6.45) is 5.99. The van der Waals surface area contributed by atoms with Gasteiger partial charge in [-0.1, -0.05) is 43.2 Å². The fourth-order valence-corrected chi connectivity index (χ4v) is 4.52. The highest BCUT2D eigenvalue weighted by Gasteiger charge is 2.21. The lowest BCUT2D eigenvalue weighted by Gasteiger charge is -2.23. The maximum Gasteiger partial charge on any atom is 0.277 e. The van der Waals surface area contributed by atoms with Crippen LogP contribution in [0.1, 0.15) is 49.5 Å². The second kappa shape index (κ2) is 10.2. The minimum Gasteiger partial charge on any atom is -0.416 e. The van der Waals surface area contributed by atoms with Gasteiger partial charge in [0.05, 0.1) is 19.0 Å². The van der Waals surface area contributed by atoms with E-state index in [2.05, 4.69) is 27.6 Å². The normalized spacial score (nSPS) is 18.6. The average Bonchev–Trinajstić information content (AvgIpc) is 3.24. The number of ether oxygens (including phenoxy) is 1. The molecule has 0 unspecified atom stereocenters. The predicted molar refractivity (Wildman–Crippen MR) is 111 cm³/mol. The van der Waals surface area contributed by atoms with Crippen LogP contribution >= 0.6 is 11.8 Å². The van der Waals surface area contributed by atoms with Crippen LogP contribution in [-0.4, -0.2) is 48.2 Å². The number of hydrogen-bond acceptors (Lipinski definition) is 6. The molecule has 0 bridgehead atoms. The van der Waals surface area contributed by atoms with Crippen molar-refractivity contribution in [1.29, 1.82) is 0 Å². The number of rotatable bonds is 7. The van der Waals surface area contributed by atoms with Crippen LogP contribution in [0, 0.1) is 0 Å². The largest absolute Gasteiger partial charge is 0.416 e. The summed E-state index contributed by atoms with van der Waals surface area (Å²) >= 11 is 1.29. The molecule has 156 valence electrons. The lowest BCUT2D eigenvalue weighted by molar-refractivity contribution is -0.921. The number of aromatic nitrogens is 2. The van der Waals surface area contributed by atoms with Gasteiger partial charge in [-0.2, -0.15) is 0 Å². The molecule has 0 radical (unpaired) electrons. The summed E-state index contributed by atoms with van der Waals surface area (Å²) in [5, 5.41) is 11.7. The van der Waals surface area contributed by atoms with Crippen LogP contribution in [0.3, 0.4) is 0 Å². The van der Waals surface area contributed by atoms with Gasteiger partial charge in [0.25, 0.3) is 5.22 Å². The Kier molecular flexibility index (Phi) is 7.18. The summed E-state index contributed by atoms with van der Waals surface area (Å²) in [4.78, 5) is 13.8. The van der Waals surface area contributed by atoms with E-state index in [4.69, 9.17) is 9.15 Å². The topological polar surface area (TPSA) is 81.7 Å². The van der Waals surface area contributed by atoms with Crippen molar-refractivity contribution in [3.05, 3.63) is 35.7 Å². The van der Waals surface area contributed by atoms with Crippen molar-refractivity contribution in [2.24, 2.45) is 0 Å². The number of thioether (sulfide) groups is 1. The van der Waals surface area contributed by atoms with Gasteiger partial charge < -0.3 is 19.4 Å². The lowest BCUT2D eigenvalue weighted by Crippen LogP contribution is -3.12. The molecule has 1 aliphatic carbocycles. The zero-order valence-corrected chi connectivity index (χ0v) is 17.5. The number of benzene rings is 1. The summed E-state index contributed by atoms with van der Waals surface area (Å²) in [5.74, 6) is 1.30. The quantitative estimate of drug-likeness (QED) is 0.673. The minimum absolute atomic E-state index is 0.0704. The van der Waals surface area contributed by atoms with E-state index < -0.39 is 0 Å². The Morgan fingerprint density at radius 3 is 2.62 bits per heavy atom. The lowest BCUT2D eigenvalue weighted by atomic mass is 9.89. The predicted octanol–water partition coefficient (Wildman–Crippen LogP) is 2.26. The third-order valence-electron chi connectivity index (χ3n) is 5.59. The smallest absolute Gasteiger partial charge is 0.277 e. The molecular formula is C21H29N4O3S+. The van der Waals surface area contributed by atoms with Gasteiger partial charge in [-0.25, -0.2) is 0 Å². The molecule has 2 aromatic rings. The van der Waals surface area contributed by atoms with Gasteiger partial charge in [0.1, 0.15) is 19.6 Å². The fourth-order valence-electron chi connectivity index (χ4n) is 3.95. The van der Waals surface area contributed by atoms with E-state index in [0.717, 1.165) is 57.3 Å². The van der Waals surface area contributed by atoms with Crippen LogP contribution in [0.4, 0.5) is 5.69 Å². The van der Waals surface area contributed by atoms with E-state index in [1.165, 1.54) is 41.5 Å². The number of amides is 1. The molecule has 1 saturated carbocycles. The summed E-state index contributed by atoms with van der Waals surface area (Å²) in [6, 6.07) is 8.09. The molecule has 2 heterocycles. The Morgan fingerprint density at radius 1 is 1.10 bits per heavy atom. The van der Waals surface area contributed by atoms with Crippen LogP contribution in [0.5, 0.6) is 0 Å². The van der Waals surface area contributed by atoms with Crippen molar-refractivity contribution in [3.63, 3.8) is 0 Å². The third-order valence-corrected chi connectivity index (χ3v) is 6.41. The SMILES string of the molecule is O=C(CSc1nnc(C2CCCCC2)o1)Nc1ccc(C[NH+]2CCOCC2)cc1. The van der Waals surface area contributed by atoms with E-state index in [1.807, 2.05) is 12.1 Å². The first-order chi connectivity index (χ1) is 14.3. The number of carbonyl (C=O) groups excluding carboxylic acids is 1. The molecule has 4 rings (SSSR count). The highest BCUT2D eigenvalue weighted by molar-refractivity contribution is 7.99. The zero-order chi connectivity index (χ0) is 19.9.